The molecule has 0 radical (unpaired) electrons. The Morgan fingerprint density at radius 2 is 2.33 bits per heavy atom. The fourth-order valence-electron chi connectivity index (χ4n) is 1.59. The lowest BCUT2D eigenvalue weighted by Gasteiger charge is -2.18. The second-order valence-corrected chi connectivity index (χ2v) is 5.08. The van der Waals surface area contributed by atoms with Gasteiger partial charge in [0.15, 0.2) is 5.13 Å². The van der Waals surface area contributed by atoms with E-state index >= 15 is 0 Å². The van der Waals surface area contributed by atoms with E-state index in [0.717, 1.165) is 19.0 Å². The molecule has 0 saturated heterocycles. The molecule has 3 nitrogen and oxygen atoms in total. The van der Waals surface area contributed by atoms with Crippen LogP contribution in [0.2, 0.25) is 0 Å². The molecule has 0 bridgehead atoms. The molecule has 1 fully saturated rings. The Kier molecular flexibility index (Phi) is 4.83. The number of nitrogens with zero attached hydrogens (tertiary/aromatic N) is 2. The largest absolute Gasteiger partial charge is 0.375 e. The van der Waals surface area contributed by atoms with Crippen molar-refractivity contribution >= 4 is 28.9 Å². The standard InChI is InChI=1S/C10H17N3S.ClH/c1-2-13(6-8-3-4-8)7-9-5-12-10(11)14-9;/h5,8H,2-4,6-7H2,1H3,(H2,11,12);1H. The van der Waals surface area contributed by atoms with Gasteiger partial charge in [0.25, 0.3) is 0 Å². The number of halogens is 1. The fraction of sp³-hybridized carbons (Fsp3) is 0.700. The summed E-state index contributed by atoms with van der Waals surface area (Å²) in [5.74, 6) is 0.959. The molecule has 0 aromatic carbocycles. The van der Waals surface area contributed by atoms with Crippen molar-refractivity contribution in [2.24, 2.45) is 5.92 Å². The van der Waals surface area contributed by atoms with Crippen LogP contribution in [-0.2, 0) is 6.54 Å². The van der Waals surface area contributed by atoms with E-state index in [4.69, 9.17) is 5.73 Å². The van der Waals surface area contributed by atoms with E-state index in [1.54, 1.807) is 11.3 Å². The van der Waals surface area contributed by atoms with Crippen LogP contribution in [0.1, 0.15) is 24.6 Å². The smallest absolute Gasteiger partial charge is 0.180 e. The Hall–Kier alpha value is -0.320. The Bertz CT molecular complexity index is 299. The number of nitrogen functional groups attached to an aromatic ring is 1. The van der Waals surface area contributed by atoms with Gasteiger partial charge in [-0.1, -0.05) is 6.92 Å². The zero-order valence-corrected chi connectivity index (χ0v) is 10.6. The molecule has 1 aromatic heterocycles. The first-order valence-electron chi connectivity index (χ1n) is 5.20. The molecular formula is C10H18ClN3S. The molecule has 0 aliphatic heterocycles. The van der Waals surface area contributed by atoms with Crippen LogP contribution in [0, 0.1) is 5.92 Å². The summed E-state index contributed by atoms with van der Waals surface area (Å²) in [6.45, 7) is 5.59. The van der Waals surface area contributed by atoms with E-state index in [-0.39, 0.29) is 12.4 Å². The van der Waals surface area contributed by atoms with E-state index in [1.165, 1.54) is 24.3 Å². The van der Waals surface area contributed by atoms with Gasteiger partial charge in [0.2, 0.25) is 0 Å². The molecule has 5 heteroatoms. The third-order valence-corrected chi connectivity index (χ3v) is 3.42. The zero-order chi connectivity index (χ0) is 9.97. The minimum Gasteiger partial charge on any atom is -0.375 e. The fourth-order valence-corrected chi connectivity index (χ4v) is 2.31. The summed E-state index contributed by atoms with van der Waals surface area (Å²) in [6, 6.07) is 0. The summed E-state index contributed by atoms with van der Waals surface area (Å²) in [7, 11) is 0. The first kappa shape index (κ1) is 12.7. The quantitative estimate of drug-likeness (QED) is 0.869. The number of hydrogen-bond acceptors (Lipinski definition) is 4. The third-order valence-electron chi connectivity index (χ3n) is 2.61. The van der Waals surface area contributed by atoms with E-state index in [2.05, 4.69) is 16.8 Å². The van der Waals surface area contributed by atoms with Crippen molar-refractivity contribution < 1.29 is 0 Å². The Labute approximate surface area is 101 Å². The summed E-state index contributed by atoms with van der Waals surface area (Å²) in [6.07, 6.45) is 4.73. The number of thiazole rings is 1. The Morgan fingerprint density at radius 3 is 2.80 bits per heavy atom. The summed E-state index contributed by atoms with van der Waals surface area (Å²) < 4.78 is 0. The van der Waals surface area contributed by atoms with Crippen molar-refractivity contribution in [2.45, 2.75) is 26.3 Å². The molecule has 1 saturated carbocycles. The topological polar surface area (TPSA) is 42.2 Å². The molecule has 0 spiro atoms. The monoisotopic (exact) mass is 247 g/mol. The Balaban J connectivity index is 0.00000112. The number of hydrogen-bond donors (Lipinski definition) is 1. The molecule has 2 rings (SSSR count). The predicted molar refractivity (Wildman–Crippen MR) is 67.4 cm³/mol. The second kappa shape index (κ2) is 5.68. The molecule has 1 aliphatic carbocycles. The van der Waals surface area contributed by atoms with Crippen LogP contribution in [0.25, 0.3) is 0 Å². The molecule has 0 unspecified atom stereocenters. The van der Waals surface area contributed by atoms with Crippen LogP contribution in [-0.4, -0.2) is 23.0 Å². The molecule has 15 heavy (non-hydrogen) atoms. The SMILES string of the molecule is CCN(Cc1cnc(N)s1)CC1CC1.Cl. The molecule has 1 heterocycles. The van der Waals surface area contributed by atoms with Crippen molar-refractivity contribution in [3.05, 3.63) is 11.1 Å². The van der Waals surface area contributed by atoms with Gasteiger partial charge in [-0.15, -0.1) is 23.7 Å². The van der Waals surface area contributed by atoms with Crippen molar-refractivity contribution in [3.63, 3.8) is 0 Å². The maximum atomic E-state index is 5.60. The normalized spacial score (nSPS) is 15.3. The highest BCUT2D eigenvalue weighted by molar-refractivity contribution is 7.15. The van der Waals surface area contributed by atoms with Gasteiger partial charge in [-0.2, -0.15) is 0 Å². The van der Waals surface area contributed by atoms with Gasteiger partial charge in [0.05, 0.1) is 0 Å². The van der Waals surface area contributed by atoms with Gasteiger partial charge >= 0.3 is 0 Å². The second-order valence-electron chi connectivity index (χ2n) is 3.94. The number of nitrogens with two attached hydrogens (primary N) is 1. The van der Waals surface area contributed by atoms with E-state index in [9.17, 15) is 0 Å². The average Bonchev–Trinajstić information content (AvgIpc) is 2.89. The Morgan fingerprint density at radius 1 is 1.60 bits per heavy atom. The van der Waals surface area contributed by atoms with E-state index in [1.807, 2.05) is 6.20 Å². The van der Waals surface area contributed by atoms with Crippen LogP contribution in [0.3, 0.4) is 0 Å². The predicted octanol–water partition coefficient (Wildman–Crippen LogP) is 2.38. The molecule has 1 aromatic rings. The van der Waals surface area contributed by atoms with Crippen LogP contribution >= 0.6 is 23.7 Å². The van der Waals surface area contributed by atoms with E-state index < -0.39 is 0 Å². The summed E-state index contributed by atoms with van der Waals surface area (Å²) >= 11 is 1.60. The van der Waals surface area contributed by atoms with Crippen molar-refractivity contribution in [1.29, 1.82) is 0 Å². The average molecular weight is 248 g/mol. The zero-order valence-electron chi connectivity index (χ0n) is 8.98. The first-order valence-corrected chi connectivity index (χ1v) is 6.02. The molecule has 0 atom stereocenters. The number of rotatable bonds is 5. The maximum Gasteiger partial charge on any atom is 0.180 e. The number of anilines is 1. The van der Waals surface area contributed by atoms with Crippen molar-refractivity contribution in [2.75, 3.05) is 18.8 Å². The van der Waals surface area contributed by atoms with Crippen molar-refractivity contribution in [3.8, 4) is 0 Å². The van der Waals surface area contributed by atoms with Crippen LogP contribution in [0.15, 0.2) is 6.20 Å². The van der Waals surface area contributed by atoms with Crippen LogP contribution < -0.4 is 5.73 Å². The highest BCUT2D eigenvalue weighted by Gasteiger charge is 2.23. The molecule has 2 N–H and O–H groups in total. The lowest BCUT2D eigenvalue weighted by atomic mass is 10.3. The van der Waals surface area contributed by atoms with E-state index in [0.29, 0.717) is 5.13 Å². The maximum absolute atomic E-state index is 5.60. The molecular weight excluding hydrogens is 230 g/mol. The van der Waals surface area contributed by atoms with Gasteiger partial charge in [-0.05, 0) is 25.3 Å². The first-order chi connectivity index (χ1) is 6.78. The van der Waals surface area contributed by atoms with Crippen LogP contribution in [0.5, 0.6) is 0 Å². The highest BCUT2D eigenvalue weighted by atomic mass is 35.5. The lowest BCUT2D eigenvalue weighted by molar-refractivity contribution is 0.270. The summed E-state index contributed by atoms with van der Waals surface area (Å²) in [5.41, 5.74) is 5.60. The van der Waals surface area contributed by atoms with Crippen molar-refractivity contribution in [1.82, 2.24) is 9.88 Å². The van der Waals surface area contributed by atoms with Crippen LogP contribution in [0.4, 0.5) is 5.13 Å². The van der Waals surface area contributed by atoms with Gasteiger partial charge in [-0.3, -0.25) is 4.90 Å². The van der Waals surface area contributed by atoms with Gasteiger partial charge in [-0.25, -0.2) is 4.98 Å². The van der Waals surface area contributed by atoms with Gasteiger partial charge in [0, 0.05) is 24.2 Å². The summed E-state index contributed by atoms with van der Waals surface area (Å²) in [4.78, 5) is 7.83. The van der Waals surface area contributed by atoms with Gasteiger partial charge in [0.1, 0.15) is 0 Å². The minimum absolute atomic E-state index is 0. The highest BCUT2D eigenvalue weighted by Crippen LogP contribution is 2.30. The number of aromatic nitrogens is 1. The third kappa shape index (κ3) is 3.97. The summed E-state index contributed by atoms with van der Waals surface area (Å²) in [5, 5.41) is 0.683. The molecule has 1 aliphatic rings. The molecule has 0 amide bonds. The van der Waals surface area contributed by atoms with Gasteiger partial charge < -0.3 is 5.73 Å². The molecule has 86 valence electrons. The minimum atomic E-state index is 0. The lowest BCUT2D eigenvalue weighted by Crippen LogP contribution is -2.24.